The molecule has 4 heterocycles. The van der Waals surface area contributed by atoms with Gasteiger partial charge < -0.3 is 16.0 Å². The molecule has 3 saturated heterocycles. The number of nitrogens with zero attached hydrogens (tertiary/aromatic N) is 2. The van der Waals surface area contributed by atoms with Crippen molar-refractivity contribution in [1.82, 2.24) is 19.2 Å². The van der Waals surface area contributed by atoms with E-state index in [1.807, 2.05) is 18.2 Å². The Kier molecular flexibility index (Phi) is 7.41. The van der Waals surface area contributed by atoms with Crippen molar-refractivity contribution in [2.45, 2.75) is 75.7 Å². The van der Waals surface area contributed by atoms with Crippen LogP contribution in [0.25, 0.3) is 0 Å². The van der Waals surface area contributed by atoms with Gasteiger partial charge in [0, 0.05) is 49.5 Å². The van der Waals surface area contributed by atoms with Gasteiger partial charge in [-0.25, -0.2) is 0 Å². The van der Waals surface area contributed by atoms with Gasteiger partial charge in [0.05, 0.1) is 17.0 Å². The molecule has 11 heteroatoms. The van der Waals surface area contributed by atoms with E-state index in [1.54, 1.807) is 20.7 Å². The molecule has 0 aliphatic carbocycles. The Morgan fingerprint density at radius 1 is 1.00 bits per heavy atom. The highest BCUT2D eigenvalue weighted by molar-refractivity contribution is 7.86. The Morgan fingerprint density at radius 3 is 2.38 bits per heavy atom. The van der Waals surface area contributed by atoms with Gasteiger partial charge in [-0.2, -0.15) is 17.0 Å². The van der Waals surface area contributed by atoms with Crippen LogP contribution < -0.4 is 16.0 Å². The summed E-state index contributed by atoms with van der Waals surface area (Å²) in [7, 11) is -3.57. The number of amides is 2. The van der Waals surface area contributed by atoms with Crippen molar-refractivity contribution >= 4 is 39.3 Å². The summed E-state index contributed by atoms with van der Waals surface area (Å²) in [5.41, 5.74) is 2.98. The molecule has 39 heavy (non-hydrogen) atoms. The van der Waals surface area contributed by atoms with Crippen molar-refractivity contribution in [2.75, 3.05) is 18.4 Å². The molecule has 3 atom stereocenters. The molecule has 0 saturated carbocycles. The summed E-state index contributed by atoms with van der Waals surface area (Å²) in [5, 5.41) is 9.70. The first kappa shape index (κ1) is 26.7. The summed E-state index contributed by atoms with van der Waals surface area (Å²) < 4.78 is 30.8. The van der Waals surface area contributed by atoms with Gasteiger partial charge in [0.1, 0.15) is 0 Å². The predicted octanol–water partition coefficient (Wildman–Crippen LogP) is 3.06. The van der Waals surface area contributed by atoms with Crippen molar-refractivity contribution in [2.24, 2.45) is 0 Å². The fourth-order valence-corrected chi connectivity index (χ4v) is 8.92. The third-order valence-electron chi connectivity index (χ3n) is 8.55. The maximum Gasteiger partial charge on any atom is 0.282 e. The van der Waals surface area contributed by atoms with Crippen LogP contribution in [-0.2, 0) is 28.0 Å². The number of piperidine rings is 2. The van der Waals surface area contributed by atoms with Crippen LogP contribution in [0.1, 0.15) is 60.0 Å². The monoisotopic (exact) mass is 571 g/mol. The van der Waals surface area contributed by atoms with Gasteiger partial charge in [-0.3, -0.25) is 9.59 Å². The summed E-state index contributed by atoms with van der Waals surface area (Å²) >= 11 is 6.36. The second-order valence-electron chi connectivity index (χ2n) is 11.1. The van der Waals surface area contributed by atoms with Crippen molar-refractivity contribution in [3.8, 4) is 0 Å². The van der Waals surface area contributed by atoms with E-state index < -0.39 is 10.2 Å². The van der Waals surface area contributed by atoms with Gasteiger partial charge in [-0.15, -0.1) is 0 Å². The Balaban J connectivity index is 1.05. The summed E-state index contributed by atoms with van der Waals surface area (Å²) in [4.78, 5) is 24.8. The fourth-order valence-electron chi connectivity index (χ4n) is 6.60. The van der Waals surface area contributed by atoms with Gasteiger partial charge in [-0.1, -0.05) is 41.9 Å². The number of fused-ring (bicyclic) bond motifs is 3. The molecule has 4 aliphatic heterocycles. The molecule has 0 aromatic heterocycles. The van der Waals surface area contributed by atoms with E-state index in [4.69, 9.17) is 11.6 Å². The van der Waals surface area contributed by atoms with Gasteiger partial charge >= 0.3 is 0 Å². The van der Waals surface area contributed by atoms with Crippen LogP contribution in [0.15, 0.2) is 42.5 Å². The Labute approximate surface area is 234 Å². The predicted molar refractivity (Wildman–Crippen MR) is 150 cm³/mol. The average molecular weight is 572 g/mol. The van der Waals surface area contributed by atoms with Gasteiger partial charge in [0.2, 0.25) is 5.91 Å². The highest BCUT2D eigenvalue weighted by Gasteiger charge is 2.49. The lowest BCUT2D eigenvalue weighted by Gasteiger charge is -2.42. The quantitative estimate of drug-likeness (QED) is 0.473. The first-order valence-corrected chi connectivity index (χ1v) is 15.5. The number of benzene rings is 2. The van der Waals surface area contributed by atoms with Crippen LogP contribution in [0.4, 0.5) is 5.69 Å². The minimum Gasteiger partial charge on any atom is -0.349 e. The van der Waals surface area contributed by atoms with Gasteiger partial charge in [0.15, 0.2) is 0 Å². The van der Waals surface area contributed by atoms with E-state index in [0.717, 1.165) is 37.8 Å². The van der Waals surface area contributed by atoms with Crippen molar-refractivity contribution in [3.05, 3.63) is 64.2 Å². The van der Waals surface area contributed by atoms with Crippen molar-refractivity contribution in [1.29, 1.82) is 0 Å². The number of carbonyl (C=O) groups excluding carboxylic acids is 2. The zero-order valence-corrected chi connectivity index (χ0v) is 23.3. The van der Waals surface area contributed by atoms with Gasteiger partial charge in [0.25, 0.3) is 16.1 Å². The summed E-state index contributed by atoms with van der Waals surface area (Å²) in [6, 6.07) is 13.5. The number of halogens is 1. The number of anilines is 1. The fraction of sp³-hybridized carbons (Fsp3) is 0.500. The average Bonchev–Trinajstić information content (AvgIpc) is 3.43. The molecule has 2 aromatic rings. The maximum atomic E-state index is 13.7. The minimum absolute atomic E-state index is 0.114. The summed E-state index contributed by atoms with van der Waals surface area (Å²) in [6.07, 6.45) is 4.58. The van der Waals surface area contributed by atoms with Crippen LogP contribution in [0, 0.1) is 0 Å². The van der Waals surface area contributed by atoms with Gasteiger partial charge in [-0.05, 0) is 61.8 Å². The Morgan fingerprint density at radius 2 is 1.69 bits per heavy atom. The molecule has 4 aliphatic rings. The topological polar surface area (TPSA) is 111 Å². The molecule has 208 valence electrons. The molecule has 6 rings (SSSR count). The SMILES string of the molecule is O=C1Cc2cc(C(=O)N[C@H]3C[C@H]4CC[C@@H](C3)N4S(=O)(=O)N3CCC(NCc4ccccc4)CC3)c(Cl)cc2N1. The lowest BCUT2D eigenvalue weighted by atomic mass is 9.99. The second-order valence-corrected chi connectivity index (χ2v) is 13.4. The molecular formula is C28H34ClN5O4S. The minimum atomic E-state index is -3.57. The molecule has 2 bridgehead atoms. The zero-order valence-electron chi connectivity index (χ0n) is 21.7. The van der Waals surface area contributed by atoms with Crippen LogP contribution in [0.3, 0.4) is 0 Å². The lowest BCUT2D eigenvalue weighted by molar-refractivity contribution is -0.115. The van der Waals surface area contributed by atoms with E-state index in [-0.39, 0.29) is 41.4 Å². The molecule has 0 radical (unpaired) electrons. The smallest absolute Gasteiger partial charge is 0.282 e. The zero-order chi connectivity index (χ0) is 27.1. The number of hydrogen-bond acceptors (Lipinski definition) is 5. The van der Waals surface area contributed by atoms with Crippen molar-refractivity contribution < 1.29 is 18.0 Å². The molecular weight excluding hydrogens is 538 g/mol. The molecule has 9 nitrogen and oxygen atoms in total. The third-order valence-corrected chi connectivity index (χ3v) is 11.0. The molecule has 3 N–H and O–H groups in total. The highest BCUT2D eigenvalue weighted by atomic mass is 35.5. The number of carbonyl (C=O) groups is 2. The van der Waals surface area contributed by atoms with E-state index in [9.17, 15) is 18.0 Å². The molecule has 0 unspecified atom stereocenters. The summed E-state index contributed by atoms with van der Waals surface area (Å²) in [6.45, 7) is 1.81. The van der Waals surface area contributed by atoms with Crippen LogP contribution in [0.2, 0.25) is 5.02 Å². The number of hydrogen-bond donors (Lipinski definition) is 3. The summed E-state index contributed by atoms with van der Waals surface area (Å²) in [5.74, 6) is -0.399. The van der Waals surface area contributed by atoms with E-state index >= 15 is 0 Å². The Bertz CT molecular complexity index is 1350. The lowest BCUT2D eigenvalue weighted by Crippen LogP contribution is -2.57. The largest absolute Gasteiger partial charge is 0.349 e. The third kappa shape index (κ3) is 5.45. The van der Waals surface area contributed by atoms with Crippen LogP contribution in [0.5, 0.6) is 0 Å². The number of nitrogens with one attached hydrogen (secondary N) is 3. The van der Waals surface area contributed by atoms with Crippen LogP contribution >= 0.6 is 11.6 Å². The van der Waals surface area contributed by atoms with E-state index in [2.05, 4.69) is 28.1 Å². The molecule has 0 spiro atoms. The number of rotatable bonds is 7. The van der Waals surface area contributed by atoms with E-state index in [0.29, 0.717) is 43.2 Å². The first-order valence-electron chi connectivity index (χ1n) is 13.8. The van der Waals surface area contributed by atoms with Crippen molar-refractivity contribution in [3.63, 3.8) is 0 Å². The highest BCUT2D eigenvalue weighted by Crippen LogP contribution is 2.39. The molecule has 2 aromatic carbocycles. The first-order chi connectivity index (χ1) is 18.8. The second kappa shape index (κ2) is 10.8. The van der Waals surface area contributed by atoms with Crippen LogP contribution in [-0.4, -0.2) is 66.1 Å². The Hall–Kier alpha value is -2.50. The standard InChI is InChI=1S/C28H34ClN5O4S/c29-25-16-26-19(13-27(35)32-26)12-24(25)28(36)31-21-14-22-6-7-23(15-21)34(22)39(37,38)33-10-8-20(9-11-33)30-17-18-4-2-1-3-5-18/h1-5,12,16,20-23,30H,6-11,13-15,17H2,(H,31,36)(H,32,35)/t21-,22+,23-. The maximum absolute atomic E-state index is 13.7. The molecule has 3 fully saturated rings. The molecule has 2 amide bonds. The van der Waals surface area contributed by atoms with E-state index in [1.165, 1.54) is 5.56 Å². The normalized spacial score (nSPS) is 25.9.